The summed E-state index contributed by atoms with van der Waals surface area (Å²) in [5, 5.41) is 7.42. The predicted molar refractivity (Wildman–Crippen MR) is 45.3 cm³/mol. The van der Waals surface area contributed by atoms with Crippen molar-refractivity contribution in [3.63, 3.8) is 0 Å². The highest BCUT2D eigenvalue weighted by Crippen LogP contribution is 1.95. The molecule has 0 aromatic carbocycles. The molecule has 0 aliphatic heterocycles. The van der Waals surface area contributed by atoms with Crippen molar-refractivity contribution in [2.24, 2.45) is 17.4 Å². The molecule has 0 fully saturated rings. The van der Waals surface area contributed by atoms with E-state index in [0.717, 1.165) is 6.92 Å². The minimum Gasteiger partial charge on any atom is -0.481 e. The van der Waals surface area contributed by atoms with Gasteiger partial charge in [-0.2, -0.15) is 0 Å². The minimum atomic E-state index is -0.833. The molecule has 0 aromatic heterocycles. The normalized spacial score (nSPS) is 11.4. The number of hydrogen-bond donors (Lipinski definition) is 3. The van der Waals surface area contributed by atoms with Crippen LogP contribution in [0.15, 0.2) is 0 Å². The Morgan fingerprint density at radius 1 is 1.33 bits per heavy atom. The van der Waals surface area contributed by atoms with Gasteiger partial charge in [-0.05, 0) is 5.92 Å². The quantitative estimate of drug-likeness (QED) is 0.529. The van der Waals surface area contributed by atoms with Gasteiger partial charge in [-0.25, -0.2) is 0 Å². The summed E-state index contributed by atoms with van der Waals surface area (Å²) in [6, 6.07) is -0.491. The number of aliphatic carboxylic acids is 1. The van der Waals surface area contributed by atoms with Gasteiger partial charge in [0.15, 0.2) is 0 Å². The van der Waals surface area contributed by atoms with Gasteiger partial charge in [-0.3, -0.25) is 9.59 Å². The molecule has 5 nitrogen and oxygen atoms in total. The molecule has 72 valence electrons. The second kappa shape index (κ2) is 6.60. The smallest absolute Gasteiger partial charge is 0.300 e. The van der Waals surface area contributed by atoms with Crippen molar-refractivity contribution >= 4 is 11.9 Å². The summed E-state index contributed by atoms with van der Waals surface area (Å²) in [6.45, 7) is 4.80. The van der Waals surface area contributed by atoms with Gasteiger partial charge in [0.05, 0.1) is 6.04 Å². The number of carbonyl (C=O) groups excluding carboxylic acids is 1. The van der Waals surface area contributed by atoms with Gasteiger partial charge in [0.2, 0.25) is 5.91 Å². The number of amides is 1. The van der Waals surface area contributed by atoms with E-state index in [9.17, 15) is 4.79 Å². The third-order valence-corrected chi connectivity index (χ3v) is 1.05. The topological polar surface area (TPSA) is 106 Å². The van der Waals surface area contributed by atoms with Gasteiger partial charge < -0.3 is 16.6 Å². The maximum absolute atomic E-state index is 10.2. The van der Waals surface area contributed by atoms with Crippen LogP contribution in [0.4, 0.5) is 0 Å². The number of carboxylic acids is 1. The molecular formula is C7H16N2O3. The lowest BCUT2D eigenvalue weighted by Gasteiger charge is -2.09. The highest BCUT2D eigenvalue weighted by molar-refractivity contribution is 5.79. The zero-order valence-electron chi connectivity index (χ0n) is 7.57. The molecule has 12 heavy (non-hydrogen) atoms. The summed E-state index contributed by atoms with van der Waals surface area (Å²) in [5.74, 6) is -1.12. The van der Waals surface area contributed by atoms with E-state index in [1.54, 1.807) is 0 Å². The monoisotopic (exact) mass is 176 g/mol. The van der Waals surface area contributed by atoms with Crippen LogP contribution in [-0.2, 0) is 9.59 Å². The molecule has 0 aliphatic rings. The molecule has 0 saturated carbocycles. The Kier molecular flexibility index (Phi) is 7.42. The van der Waals surface area contributed by atoms with Crippen LogP contribution < -0.4 is 11.5 Å². The Morgan fingerprint density at radius 2 is 1.58 bits per heavy atom. The number of hydrogen-bond acceptors (Lipinski definition) is 3. The molecule has 0 rings (SSSR count). The molecule has 5 heteroatoms. The molecule has 0 saturated heterocycles. The van der Waals surface area contributed by atoms with E-state index in [1.807, 2.05) is 13.8 Å². The second-order valence-electron chi connectivity index (χ2n) is 2.69. The Labute approximate surface area is 71.7 Å². The number of carboxylic acid groups (broad SMARTS) is 1. The summed E-state index contributed by atoms with van der Waals surface area (Å²) in [7, 11) is 0. The third-order valence-electron chi connectivity index (χ3n) is 1.05. The molecule has 0 radical (unpaired) electrons. The molecule has 1 amide bonds. The van der Waals surface area contributed by atoms with Crippen LogP contribution in [0.3, 0.4) is 0 Å². The van der Waals surface area contributed by atoms with Crippen molar-refractivity contribution < 1.29 is 14.7 Å². The fourth-order valence-corrected chi connectivity index (χ4v) is 0.329. The van der Waals surface area contributed by atoms with Gasteiger partial charge in [-0.1, -0.05) is 13.8 Å². The Hall–Kier alpha value is -1.10. The van der Waals surface area contributed by atoms with E-state index in [2.05, 4.69) is 0 Å². The highest BCUT2D eigenvalue weighted by atomic mass is 16.4. The maximum atomic E-state index is 10.2. The lowest BCUT2D eigenvalue weighted by atomic mass is 10.1. The number of carbonyl (C=O) groups is 2. The Bertz CT molecular complexity index is 153. The first kappa shape index (κ1) is 13.5. The first-order chi connectivity index (χ1) is 5.29. The van der Waals surface area contributed by atoms with E-state index in [-0.39, 0.29) is 5.92 Å². The fraction of sp³-hybridized carbons (Fsp3) is 0.714. The number of nitrogens with two attached hydrogens (primary N) is 2. The number of primary amides is 1. The SMILES string of the molecule is CC(=O)O.CC(C)[C@H](N)C(N)=O. The summed E-state index contributed by atoms with van der Waals surface area (Å²) < 4.78 is 0. The molecule has 1 atom stereocenters. The molecule has 0 aliphatic carbocycles. The first-order valence-corrected chi connectivity index (χ1v) is 3.53. The van der Waals surface area contributed by atoms with E-state index >= 15 is 0 Å². The van der Waals surface area contributed by atoms with Crippen LogP contribution in [0.1, 0.15) is 20.8 Å². The highest BCUT2D eigenvalue weighted by Gasteiger charge is 2.12. The van der Waals surface area contributed by atoms with Gasteiger partial charge in [0, 0.05) is 6.92 Å². The summed E-state index contributed by atoms with van der Waals surface area (Å²) in [6.07, 6.45) is 0. The zero-order chi connectivity index (χ0) is 10.3. The van der Waals surface area contributed by atoms with Crippen molar-refractivity contribution in [2.75, 3.05) is 0 Å². The second-order valence-corrected chi connectivity index (χ2v) is 2.69. The van der Waals surface area contributed by atoms with Crippen LogP contribution in [0.5, 0.6) is 0 Å². The van der Waals surface area contributed by atoms with Crippen LogP contribution in [0, 0.1) is 5.92 Å². The first-order valence-electron chi connectivity index (χ1n) is 3.53. The van der Waals surface area contributed by atoms with Crippen LogP contribution in [0.2, 0.25) is 0 Å². The molecule has 0 heterocycles. The van der Waals surface area contributed by atoms with Gasteiger partial charge in [0.25, 0.3) is 5.97 Å². The van der Waals surface area contributed by atoms with Crippen molar-refractivity contribution in [1.82, 2.24) is 0 Å². The Morgan fingerprint density at radius 3 is 1.58 bits per heavy atom. The molecule has 5 N–H and O–H groups in total. The molecule has 0 unspecified atom stereocenters. The largest absolute Gasteiger partial charge is 0.481 e. The van der Waals surface area contributed by atoms with Gasteiger partial charge >= 0.3 is 0 Å². The van der Waals surface area contributed by atoms with E-state index in [0.29, 0.717) is 0 Å². The minimum absolute atomic E-state index is 0.146. The van der Waals surface area contributed by atoms with E-state index < -0.39 is 17.9 Å². The predicted octanol–water partition coefficient (Wildman–Crippen LogP) is -0.454. The summed E-state index contributed by atoms with van der Waals surface area (Å²) >= 11 is 0. The molecule has 0 bridgehead atoms. The van der Waals surface area contributed by atoms with Crippen molar-refractivity contribution in [3.8, 4) is 0 Å². The number of rotatable bonds is 2. The van der Waals surface area contributed by atoms with Crippen LogP contribution in [-0.4, -0.2) is 23.0 Å². The zero-order valence-corrected chi connectivity index (χ0v) is 7.57. The van der Waals surface area contributed by atoms with Crippen molar-refractivity contribution in [2.45, 2.75) is 26.8 Å². The van der Waals surface area contributed by atoms with Crippen LogP contribution in [0.25, 0.3) is 0 Å². The molecule has 0 aromatic rings. The van der Waals surface area contributed by atoms with E-state index in [4.69, 9.17) is 21.4 Å². The van der Waals surface area contributed by atoms with Crippen molar-refractivity contribution in [1.29, 1.82) is 0 Å². The standard InChI is InChI=1S/C5H12N2O.C2H4O2/c1-3(2)4(6)5(7)8;1-2(3)4/h3-4H,6H2,1-2H3,(H2,7,8);1H3,(H,3,4)/t4-;/m0./s1. The fourth-order valence-electron chi connectivity index (χ4n) is 0.329. The molecule has 0 spiro atoms. The van der Waals surface area contributed by atoms with Crippen LogP contribution >= 0.6 is 0 Å². The van der Waals surface area contributed by atoms with Gasteiger partial charge in [-0.15, -0.1) is 0 Å². The van der Waals surface area contributed by atoms with Gasteiger partial charge in [0.1, 0.15) is 0 Å². The third kappa shape index (κ3) is 11.7. The average molecular weight is 176 g/mol. The van der Waals surface area contributed by atoms with E-state index in [1.165, 1.54) is 0 Å². The summed E-state index contributed by atoms with van der Waals surface area (Å²) in [4.78, 5) is 19.2. The molecular weight excluding hydrogens is 160 g/mol. The maximum Gasteiger partial charge on any atom is 0.300 e. The lowest BCUT2D eigenvalue weighted by Crippen LogP contribution is -2.40. The van der Waals surface area contributed by atoms with Crippen molar-refractivity contribution in [3.05, 3.63) is 0 Å². The summed E-state index contributed by atoms with van der Waals surface area (Å²) in [5.41, 5.74) is 10.2. The lowest BCUT2D eigenvalue weighted by molar-refractivity contribution is -0.134. The Balaban J connectivity index is 0. The average Bonchev–Trinajstić information content (AvgIpc) is 1.84.